The summed E-state index contributed by atoms with van der Waals surface area (Å²) in [5, 5.41) is 7.43. The summed E-state index contributed by atoms with van der Waals surface area (Å²) in [6.07, 6.45) is 4.36. The summed E-state index contributed by atoms with van der Waals surface area (Å²) in [4.78, 5) is 27.6. The highest BCUT2D eigenvalue weighted by atomic mass is 35.5. The van der Waals surface area contributed by atoms with Gasteiger partial charge in [-0.05, 0) is 31.6 Å². The normalized spacial score (nSPS) is 17.9. The zero-order chi connectivity index (χ0) is 21.9. The van der Waals surface area contributed by atoms with Crippen molar-refractivity contribution in [1.82, 2.24) is 14.8 Å². The van der Waals surface area contributed by atoms with Crippen molar-refractivity contribution in [2.75, 3.05) is 23.4 Å². The Labute approximate surface area is 182 Å². The molecule has 1 aliphatic heterocycles. The van der Waals surface area contributed by atoms with Crippen molar-refractivity contribution in [2.45, 2.75) is 19.4 Å². The van der Waals surface area contributed by atoms with Crippen LogP contribution in [0.1, 0.15) is 23.7 Å². The maximum Gasteiger partial charge on any atom is 0.331 e. The maximum atomic E-state index is 11.9. The molecule has 0 unspecified atom stereocenters. The third-order valence-corrected chi connectivity index (χ3v) is 6.70. The van der Waals surface area contributed by atoms with Gasteiger partial charge in [-0.15, -0.1) is 0 Å². The lowest BCUT2D eigenvalue weighted by molar-refractivity contribution is -0.142. The first-order valence-corrected chi connectivity index (χ1v) is 11.4. The van der Waals surface area contributed by atoms with Gasteiger partial charge in [0, 0.05) is 17.8 Å². The number of sulfone groups is 1. The number of ether oxygens (including phenoxy) is 1. The summed E-state index contributed by atoms with van der Waals surface area (Å²) >= 11 is 12.1. The van der Waals surface area contributed by atoms with E-state index in [9.17, 15) is 18.0 Å². The number of halogens is 2. The van der Waals surface area contributed by atoms with Crippen molar-refractivity contribution in [1.29, 1.82) is 0 Å². The Morgan fingerprint density at radius 2 is 2.13 bits per heavy atom. The first kappa shape index (κ1) is 22.3. The number of anilines is 1. The lowest BCUT2D eigenvalue weighted by atomic mass is 10.2. The largest absolute Gasteiger partial charge is 0.452 e. The second-order valence-corrected chi connectivity index (χ2v) is 9.67. The van der Waals surface area contributed by atoms with Gasteiger partial charge >= 0.3 is 5.97 Å². The number of aryl methyl sites for hydroxylation is 1. The van der Waals surface area contributed by atoms with Crippen molar-refractivity contribution in [3.05, 3.63) is 45.8 Å². The molecule has 3 heterocycles. The number of amides is 1. The molecule has 0 bridgehead atoms. The molecule has 1 fully saturated rings. The van der Waals surface area contributed by atoms with E-state index in [2.05, 4.69) is 15.4 Å². The molecule has 1 atom stereocenters. The first-order valence-electron chi connectivity index (χ1n) is 8.86. The molecule has 1 amide bonds. The fraction of sp³-hybridized carbons (Fsp3) is 0.333. The predicted molar refractivity (Wildman–Crippen MR) is 112 cm³/mol. The summed E-state index contributed by atoms with van der Waals surface area (Å²) < 4.78 is 29.7. The van der Waals surface area contributed by atoms with E-state index in [1.54, 1.807) is 13.0 Å². The highest BCUT2D eigenvalue weighted by molar-refractivity contribution is 7.91. The number of nitrogens with one attached hydrogen (secondary N) is 1. The highest BCUT2D eigenvalue weighted by Gasteiger charge is 2.31. The molecule has 2 aromatic heterocycles. The number of hydrogen-bond donors (Lipinski definition) is 1. The van der Waals surface area contributed by atoms with Crippen LogP contribution < -0.4 is 5.32 Å². The van der Waals surface area contributed by atoms with Gasteiger partial charge in [0.2, 0.25) is 0 Å². The smallest absolute Gasteiger partial charge is 0.331 e. The number of nitrogens with zero attached hydrogens (tertiary/aromatic N) is 3. The third-order valence-electron chi connectivity index (χ3n) is 4.35. The van der Waals surface area contributed by atoms with Gasteiger partial charge < -0.3 is 10.1 Å². The number of carbonyl (C=O) groups excluding carboxylic acids is 2. The Bertz CT molecular complexity index is 1100. The van der Waals surface area contributed by atoms with Gasteiger partial charge in [-0.1, -0.05) is 23.2 Å². The van der Waals surface area contributed by atoms with Crippen molar-refractivity contribution >= 4 is 56.8 Å². The molecule has 1 N–H and O–H groups in total. The number of hydrogen-bond acceptors (Lipinski definition) is 7. The highest BCUT2D eigenvalue weighted by Crippen LogP contribution is 2.30. The second kappa shape index (κ2) is 9.15. The van der Waals surface area contributed by atoms with Crippen LogP contribution in [0.4, 0.5) is 5.82 Å². The molecule has 12 heteroatoms. The van der Waals surface area contributed by atoms with Gasteiger partial charge in [0.15, 0.2) is 16.4 Å². The molecule has 3 rings (SSSR count). The van der Waals surface area contributed by atoms with Crippen molar-refractivity contribution in [2.24, 2.45) is 0 Å². The van der Waals surface area contributed by atoms with E-state index < -0.39 is 28.3 Å². The van der Waals surface area contributed by atoms with E-state index in [-0.39, 0.29) is 28.5 Å². The molecule has 0 saturated carbocycles. The molecular formula is C18H18Cl2N4O5S. The standard InChI is InChI=1S/C18H18Cl2N4O5S/c1-11-14(18(20)24(23-11)13-6-7-30(27,28)10-13)3-5-17(26)29-9-16(25)22-15-4-2-12(19)8-21-15/h2-5,8,13H,6-7,9-10H2,1H3,(H,21,22,25)/b5-3+/t13-/m0/s1. The quantitative estimate of drug-likeness (QED) is 0.506. The van der Waals surface area contributed by atoms with Crippen LogP contribution in [-0.4, -0.2) is 53.2 Å². The van der Waals surface area contributed by atoms with Crippen LogP contribution in [0.15, 0.2) is 24.4 Å². The monoisotopic (exact) mass is 472 g/mol. The van der Waals surface area contributed by atoms with E-state index in [0.29, 0.717) is 22.7 Å². The molecule has 0 radical (unpaired) electrons. The van der Waals surface area contributed by atoms with Crippen molar-refractivity contribution < 1.29 is 22.7 Å². The Morgan fingerprint density at radius 3 is 2.77 bits per heavy atom. The molecule has 160 valence electrons. The fourth-order valence-electron chi connectivity index (χ4n) is 2.90. The fourth-order valence-corrected chi connectivity index (χ4v) is 5.08. The average Bonchev–Trinajstić information content (AvgIpc) is 3.18. The molecule has 0 spiro atoms. The topological polar surface area (TPSA) is 120 Å². The number of esters is 1. The Hall–Kier alpha value is -2.43. The summed E-state index contributed by atoms with van der Waals surface area (Å²) in [7, 11) is -3.09. The SMILES string of the molecule is Cc1nn([C@H]2CCS(=O)(=O)C2)c(Cl)c1/C=C/C(=O)OCC(=O)Nc1ccc(Cl)cn1. The zero-order valence-corrected chi connectivity index (χ0v) is 18.2. The minimum atomic E-state index is -3.09. The zero-order valence-electron chi connectivity index (χ0n) is 15.8. The van der Waals surface area contributed by atoms with Crippen LogP contribution in [0.2, 0.25) is 10.2 Å². The molecule has 30 heavy (non-hydrogen) atoms. The van der Waals surface area contributed by atoms with Gasteiger partial charge in [0.1, 0.15) is 11.0 Å². The van der Waals surface area contributed by atoms with Gasteiger partial charge in [-0.25, -0.2) is 22.9 Å². The van der Waals surface area contributed by atoms with Gasteiger partial charge in [0.05, 0.1) is 28.3 Å². The van der Waals surface area contributed by atoms with Crippen molar-refractivity contribution in [3.63, 3.8) is 0 Å². The van der Waals surface area contributed by atoms with E-state index >= 15 is 0 Å². The van der Waals surface area contributed by atoms with Crippen LogP contribution in [0, 0.1) is 6.92 Å². The predicted octanol–water partition coefficient (Wildman–Crippen LogP) is 2.45. The number of rotatable bonds is 6. The molecule has 0 aromatic carbocycles. The van der Waals surface area contributed by atoms with Crippen LogP contribution in [0.3, 0.4) is 0 Å². The van der Waals surface area contributed by atoms with Crippen LogP contribution in [0.5, 0.6) is 0 Å². The third kappa shape index (κ3) is 5.59. The lowest BCUT2D eigenvalue weighted by Gasteiger charge is -2.09. The molecule has 1 aliphatic rings. The number of carbonyl (C=O) groups is 2. The minimum absolute atomic E-state index is 0.0172. The summed E-state index contributed by atoms with van der Waals surface area (Å²) in [6.45, 7) is 1.20. The van der Waals surface area contributed by atoms with Crippen LogP contribution >= 0.6 is 23.2 Å². The van der Waals surface area contributed by atoms with Crippen LogP contribution in [-0.2, 0) is 24.2 Å². The number of pyridine rings is 1. The second-order valence-electron chi connectivity index (χ2n) is 6.64. The maximum absolute atomic E-state index is 11.9. The minimum Gasteiger partial charge on any atom is -0.452 e. The molecule has 9 nitrogen and oxygen atoms in total. The summed E-state index contributed by atoms with van der Waals surface area (Å²) in [5.41, 5.74) is 1.02. The lowest BCUT2D eigenvalue weighted by Crippen LogP contribution is -2.20. The first-order chi connectivity index (χ1) is 14.1. The summed E-state index contributed by atoms with van der Waals surface area (Å²) in [6, 6.07) is 2.74. The average molecular weight is 473 g/mol. The Morgan fingerprint density at radius 1 is 1.37 bits per heavy atom. The van der Waals surface area contributed by atoms with Crippen molar-refractivity contribution in [3.8, 4) is 0 Å². The van der Waals surface area contributed by atoms with E-state index in [0.717, 1.165) is 6.08 Å². The molecule has 2 aromatic rings. The van der Waals surface area contributed by atoms with E-state index in [1.807, 2.05) is 0 Å². The number of aromatic nitrogens is 3. The van der Waals surface area contributed by atoms with E-state index in [4.69, 9.17) is 27.9 Å². The summed E-state index contributed by atoms with van der Waals surface area (Å²) in [5.74, 6) is -0.953. The van der Waals surface area contributed by atoms with Gasteiger partial charge in [0.25, 0.3) is 5.91 Å². The van der Waals surface area contributed by atoms with Gasteiger partial charge in [-0.3, -0.25) is 4.79 Å². The van der Waals surface area contributed by atoms with Crippen LogP contribution in [0.25, 0.3) is 6.08 Å². The molecule has 1 saturated heterocycles. The Balaban J connectivity index is 1.57. The van der Waals surface area contributed by atoms with E-state index in [1.165, 1.54) is 23.0 Å². The molecule has 0 aliphatic carbocycles. The van der Waals surface area contributed by atoms with Gasteiger partial charge in [-0.2, -0.15) is 5.10 Å². The molecular weight excluding hydrogens is 455 g/mol. The Kier molecular flexibility index (Phi) is 6.79.